The monoisotopic (exact) mass is 285 g/mol. The summed E-state index contributed by atoms with van der Waals surface area (Å²) in [6, 6.07) is 0. The molecule has 1 aromatic rings. The molecular formula is C13H23N3O2S. The van der Waals surface area contributed by atoms with Crippen LogP contribution in [0.15, 0.2) is 0 Å². The minimum absolute atomic E-state index is 0.118. The normalized spacial score (nSPS) is 11.6. The molecule has 0 aliphatic rings. The average Bonchev–Trinajstić information content (AvgIpc) is 2.71. The maximum absolute atomic E-state index is 11.6. The second-order valence-electron chi connectivity index (χ2n) is 4.56. The van der Waals surface area contributed by atoms with Gasteiger partial charge in [-0.2, -0.15) is 11.8 Å². The van der Waals surface area contributed by atoms with Gasteiger partial charge in [-0.25, -0.2) is 9.78 Å². The van der Waals surface area contributed by atoms with E-state index in [1.165, 1.54) is 7.11 Å². The van der Waals surface area contributed by atoms with E-state index in [1.807, 2.05) is 23.3 Å². The van der Waals surface area contributed by atoms with Crippen molar-refractivity contribution in [2.45, 2.75) is 44.9 Å². The second-order valence-corrected chi connectivity index (χ2v) is 5.84. The number of hydrogen-bond acceptors (Lipinski definition) is 5. The largest absolute Gasteiger partial charge is 0.464 e. The lowest BCUT2D eigenvalue weighted by Gasteiger charge is -2.30. The molecule has 1 rings (SSSR count). The van der Waals surface area contributed by atoms with E-state index in [1.54, 1.807) is 0 Å². The molecule has 0 amide bonds. The van der Waals surface area contributed by atoms with Crippen molar-refractivity contribution in [2.24, 2.45) is 0 Å². The predicted octanol–water partition coefficient (Wildman–Crippen LogP) is 2.48. The molecule has 1 heterocycles. The van der Waals surface area contributed by atoms with Gasteiger partial charge in [-0.05, 0) is 26.0 Å². The molecule has 0 radical (unpaired) electrons. The van der Waals surface area contributed by atoms with Crippen LogP contribution in [0.3, 0.4) is 0 Å². The molecule has 0 aliphatic heterocycles. The number of nitrogens with zero attached hydrogens (tertiary/aromatic N) is 2. The zero-order chi connectivity index (χ0) is 14.6. The van der Waals surface area contributed by atoms with Crippen LogP contribution in [0.25, 0.3) is 0 Å². The van der Waals surface area contributed by atoms with Gasteiger partial charge in [0.25, 0.3) is 0 Å². The highest BCUT2D eigenvalue weighted by Gasteiger charge is 2.29. The zero-order valence-corrected chi connectivity index (χ0v) is 13.1. The molecule has 6 heteroatoms. The number of methoxy groups -OCH3 is 1. The van der Waals surface area contributed by atoms with Crippen LogP contribution in [-0.2, 0) is 11.3 Å². The van der Waals surface area contributed by atoms with Crippen LogP contribution >= 0.6 is 11.8 Å². The predicted molar refractivity (Wildman–Crippen MR) is 79.5 cm³/mol. The number of nitrogen functional groups attached to an aromatic ring is 1. The number of thioether (sulfide) groups is 1. The summed E-state index contributed by atoms with van der Waals surface area (Å²) in [6.45, 7) is 6.95. The van der Waals surface area contributed by atoms with Crippen molar-refractivity contribution in [1.29, 1.82) is 0 Å². The van der Waals surface area contributed by atoms with Gasteiger partial charge in [-0.1, -0.05) is 13.8 Å². The molecule has 108 valence electrons. The Balaban J connectivity index is 3.15. The standard InChI is InChI=1S/C13H23N3O2S/c1-6-13(7-2,19-5)8-16-9(3)15-10(11(16)14)12(17)18-4/h6-8,14H2,1-5H3. The molecule has 0 aliphatic carbocycles. The van der Waals surface area contributed by atoms with E-state index in [0.29, 0.717) is 5.82 Å². The van der Waals surface area contributed by atoms with Gasteiger partial charge in [-0.15, -0.1) is 0 Å². The first-order valence-electron chi connectivity index (χ1n) is 6.40. The summed E-state index contributed by atoms with van der Waals surface area (Å²) in [4.78, 5) is 15.8. The fourth-order valence-corrected chi connectivity index (χ4v) is 2.98. The Bertz CT molecular complexity index is 445. The maximum atomic E-state index is 11.6. The number of nitrogens with two attached hydrogens (primary N) is 1. The van der Waals surface area contributed by atoms with Crippen molar-refractivity contribution in [3.8, 4) is 0 Å². The van der Waals surface area contributed by atoms with E-state index < -0.39 is 5.97 Å². The summed E-state index contributed by atoms with van der Waals surface area (Å²) < 4.78 is 6.73. The minimum Gasteiger partial charge on any atom is -0.464 e. The number of rotatable bonds is 6. The van der Waals surface area contributed by atoms with Gasteiger partial charge in [0.1, 0.15) is 11.6 Å². The van der Waals surface area contributed by atoms with Gasteiger partial charge in [0.05, 0.1) is 7.11 Å². The van der Waals surface area contributed by atoms with E-state index in [2.05, 4.69) is 25.1 Å². The third-order valence-electron chi connectivity index (χ3n) is 3.74. The van der Waals surface area contributed by atoms with E-state index in [-0.39, 0.29) is 10.4 Å². The smallest absolute Gasteiger partial charge is 0.360 e. The molecule has 1 aromatic heterocycles. The summed E-state index contributed by atoms with van der Waals surface area (Å²) in [5, 5.41) is 0. The average molecular weight is 285 g/mol. The number of carbonyl (C=O) groups is 1. The van der Waals surface area contributed by atoms with E-state index >= 15 is 0 Å². The van der Waals surface area contributed by atoms with Crippen LogP contribution < -0.4 is 5.73 Å². The number of aryl methyl sites for hydroxylation is 1. The van der Waals surface area contributed by atoms with Gasteiger partial charge in [0.2, 0.25) is 0 Å². The van der Waals surface area contributed by atoms with E-state index in [4.69, 9.17) is 10.5 Å². The van der Waals surface area contributed by atoms with Crippen LogP contribution in [0.2, 0.25) is 0 Å². The quantitative estimate of drug-likeness (QED) is 0.813. The molecule has 0 atom stereocenters. The maximum Gasteiger partial charge on any atom is 0.360 e. The first kappa shape index (κ1) is 15.9. The highest BCUT2D eigenvalue weighted by atomic mass is 32.2. The lowest BCUT2D eigenvalue weighted by Crippen LogP contribution is -2.30. The first-order valence-corrected chi connectivity index (χ1v) is 7.63. The Morgan fingerprint density at radius 2 is 2.05 bits per heavy atom. The lowest BCUT2D eigenvalue weighted by atomic mass is 10.0. The Kier molecular flexibility index (Phi) is 5.29. The van der Waals surface area contributed by atoms with Crippen molar-refractivity contribution in [1.82, 2.24) is 9.55 Å². The van der Waals surface area contributed by atoms with Crippen molar-refractivity contribution in [2.75, 3.05) is 19.1 Å². The summed E-state index contributed by atoms with van der Waals surface area (Å²) in [5.74, 6) is 0.657. The van der Waals surface area contributed by atoms with E-state index in [0.717, 1.165) is 25.2 Å². The summed E-state index contributed by atoms with van der Waals surface area (Å²) in [6.07, 6.45) is 4.18. The molecule has 0 aromatic carbocycles. The Hall–Kier alpha value is -1.17. The van der Waals surface area contributed by atoms with Crippen molar-refractivity contribution < 1.29 is 9.53 Å². The van der Waals surface area contributed by atoms with Crippen LogP contribution in [0.5, 0.6) is 0 Å². The van der Waals surface area contributed by atoms with Gasteiger partial charge in [0, 0.05) is 11.3 Å². The highest BCUT2D eigenvalue weighted by molar-refractivity contribution is 8.00. The molecule has 5 nitrogen and oxygen atoms in total. The second kappa shape index (κ2) is 6.32. The van der Waals surface area contributed by atoms with Crippen molar-refractivity contribution >= 4 is 23.5 Å². The fraction of sp³-hybridized carbons (Fsp3) is 0.692. The molecule has 0 saturated heterocycles. The number of anilines is 1. The topological polar surface area (TPSA) is 70.1 Å². The van der Waals surface area contributed by atoms with Gasteiger partial charge >= 0.3 is 5.97 Å². The van der Waals surface area contributed by atoms with Gasteiger partial charge < -0.3 is 15.0 Å². The third kappa shape index (κ3) is 3.05. The zero-order valence-electron chi connectivity index (χ0n) is 12.3. The third-order valence-corrected chi connectivity index (χ3v) is 5.32. The molecule has 19 heavy (non-hydrogen) atoms. The molecule has 0 unspecified atom stereocenters. The Labute approximate surface area is 118 Å². The van der Waals surface area contributed by atoms with Crippen LogP contribution in [0, 0.1) is 6.92 Å². The minimum atomic E-state index is -0.484. The Morgan fingerprint density at radius 3 is 2.47 bits per heavy atom. The van der Waals surface area contributed by atoms with Crippen molar-refractivity contribution in [3.63, 3.8) is 0 Å². The van der Waals surface area contributed by atoms with Gasteiger partial charge in [-0.3, -0.25) is 0 Å². The summed E-state index contributed by atoms with van der Waals surface area (Å²) >= 11 is 1.83. The highest BCUT2D eigenvalue weighted by Crippen LogP contribution is 2.34. The number of ether oxygens (including phenoxy) is 1. The molecular weight excluding hydrogens is 262 g/mol. The molecule has 0 bridgehead atoms. The van der Waals surface area contributed by atoms with Crippen LogP contribution in [0.1, 0.15) is 43.0 Å². The van der Waals surface area contributed by atoms with E-state index in [9.17, 15) is 4.79 Å². The molecule has 0 fully saturated rings. The number of aromatic nitrogens is 2. The fourth-order valence-electron chi connectivity index (χ4n) is 2.14. The molecule has 0 spiro atoms. The number of carbonyl (C=O) groups excluding carboxylic acids is 1. The van der Waals surface area contributed by atoms with Gasteiger partial charge in [0.15, 0.2) is 5.69 Å². The number of esters is 1. The van der Waals surface area contributed by atoms with Crippen LogP contribution in [0.4, 0.5) is 5.82 Å². The Morgan fingerprint density at radius 1 is 1.47 bits per heavy atom. The lowest BCUT2D eigenvalue weighted by molar-refractivity contribution is 0.0595. The van der Waals surface area contributed by atoms with Crippen LogP contribution in [-0.4, -0.2) is 33.6 Å². The molecule has 0 saturated carbocycles. The SMILES string of the molecule is CCC(CC)(Cn1c(C)nc(C(=O)OC)c1N)SC. The number of imidazole rings is 1. The number of hydrogen-bond donors (Lipinski definition) is 1. The molecule has 2 N–H and O–H groups in total. The first-order chi connectivity index (χ1) is 8.94. The summed E-state index contributed by atoms with van der Waals surface area (Å²) in [7, 11) is 1.33. The summed E-state index contributed by atoms with van der Waals surface area (Å²) in [5.41, 5.74) is 6.25. The van der Waals surface area contributed by atoms with Crippen molar-refractivity contribution in [3.05, 3.63) is 11.5 Å².